The molecule has 0 saturated heterocycles. The lowest BCUT2D eigenvalue weighted by Gasteiger charge is -2.26. The zero-order valence-electron chi connectivity index (χ0n) is 14.8. The van der Waals surface area contributed by atoms with Gasteiger partial charge >= 0.3 is 0 Å². The predicted molar refractivity (Wildman–Crippen MR) is 108 cm³/mol. The van der Waals surface area contributed by atoms with Gasteiger partial charge in [0, 0.05) is 29.4 Å². The molecule has 2 aromatic carbocycles. The van der Waals surface area contributed by atoms with Crippen molar-refractivity contribution in [3.63, 3.8) is 0 Å². The molecule has 1 aliphatic rings. The summed E-state index contributed by atoms with van der Waals surface area (Å²) in [7, 11) is 0. The molecule has 0 bridgehead atoms. The molecule has 144 valence electrons. The van der Waals surface area contributed by atoms with E-state index in [0.29, 0.717) is 5.69 Å². The smallest absolute Gasteiger partial charge is 0.293 e. The summed E-state index contributed by atoms with van der Waals surface area (Å²) in [5.41, 5.74) is 7.12. The number of hydrogen-bond donors (Lipinski definition) is 3. The molecule has 7 nitrogen and oxygen atoms in total. The van der Waals surface area contributed by atoms with Crippen molar-refractivity contribution < 1.29 is 9.72 Å². The zero-order valence-corrected chi connectivity index (χ0v) is 15.6. The summed E-state index contributed by atoms with van der Waals surface area (Å²) in [5, 5.41) is 17.4. The largest absolute Gasteiger partial charge is 0.350 e. The summed E-state index contributed by atoms with van der Waals surface area (Å²) in [4.78, 5) is 23.4. The molecule has 0 aromatic heterocycles. The number of anilines is 2. The number of nitro benzene ring substituents is 1. The number of para-hydroxylation sites is 1. The van der Waals surface area contributed by atoms with Crippen LogP contribution in [0.4, 0.5) is 17.1 Å². The number of nitrogens with zero attached hydrogens (tertiary/aromatic N) is 1. The van der Waals surface area contributed by atoms with Crippen LogP contribution in [0.2, 0.25) is 0 Å². The summed E-state index contributed by atoms with van der Waals surface area (Å²) >= 11 is 0. The van der Waals surface area contributed by atoms with Gasteiger partial charge in [-0.25, -0.2) is 0 Å². The molecule has 27 heavy (non-hydrogen) atoms. The second-order valence-electron chi connectivity index (χ2n) is 6.57. The van der Waals surface area contributed by atoms with Crippen LogP contribution in [-0.2, 0) is 0 Å². The lowest BCUT2D eigenvalue weighted by Crippen LogP contribution is -2.40. The van der Waals surface area contributed by atoms with E-state index in [-0.39, 0.29) is 41.6 Å². The SMILES string of the molecule is Cl.NC1CCC(NC(=O)c2ccc(Nc3ccccc3)c([N+](=O)[O-])c2)CC1. The van der Waals surface area contributed by atoms with E-state index in [1.165, 1.54) is 6.07 Å². The minimum Gasteiger partial charge on any atom is -0.350 e. The maximum absolute atomic E-state index is 12.5. The highest BCUT2D eigenvalue weighted by molar-refractivity contribution is 5.96. The van der Waals surface area contributed by atoms with E-state index in [0.717, 1.165) is 31.4 Å². The number of benzene rings is 2. The van der Waals surface area contributed by atoms with Crippen LogP contribution in [0.15, 0.2) is 48.5 Å². The standard InChI is InChI=1S/C19H22N4O3.ClH/c20-14-7-9-16(10-8-14)22-19(24)13-6-11-17(18(12-13)23(25)26)21-15-4-2-1-3-5-15;/h1-6,11-12,14,16,21H,7-10,20H2,(H,22,24);1H. The van der Waals surface area contributed by atoms with Gasteiger partial charge < -0.3 is 16.4 Å². The fourth-order valence-electron chi connectivity index (χ4n) is 3.14. The third-order valence-electron chi connectivity index (χ3n) is 4.62. The highest BCUT2D eigenvalue weighted by Gasteiger charge is 2.22. The Balaban J connectivity index is 0.00000261. The Morgan fingerprint density at radius 2 is 1.74 bits per heavy atom. The van der Waals surface area contributed by atoms with Crippen molar-refractivity contribution in [2.24, 2.45) is 5.73 Å². The molecule has 1 aliphatic carbocycles. The molecule has 0 aliphatic heterocycles. The number of nitrogens with two attached hydrogens (primary N) is 1. The van der Waals surface area contributed by atoms with Crippen LogP contribution in [0.5, 0.6) is 0 Å². The van der Waals surface area contributed by atoms with Crippen molar-refractivity contribution >= 4 is 35.4 Å². The third-order valence-corrected chi connectivity index (χ3v) is 4.62. The summed E-state index contributed by atoms with van der Waals surface area (Å²) < 4.78 is 0. The number of amides is 1. The van der Waals surface area contributed by atoms with Crippen LogP contribution >= 0.6 is 12.4 Å². The van der Waals surface area contributed by atoms with Crippen molar-refractivity contribution in [2.75, 3.05) is 5.32 Å². The Bertz CT molecular complexity index is 793. The third kappa shape index (κ3) is 5.42. The van der Waals surface area contributed by atoms with Gasteiger partial charge in [-0.2, -0.15) is 0 Å². The van der Waals surface area contributed by atoms with Crippen molar-refractivity contribution in [1.82, 2.24) is 5.32 Å². The number of carbonyl (C=O) groups is 1. The average molecular weight is 391 g/mol. The molecule has 0 spiro atoms. The summed E-state index contributed by atoms with van der Waals surface area (Å²) in [6, 6.07) is 13.9. The number of carbonyl (C=O) groups excluding carboxylic acids is 1. The van der Waals surface area contributed by atoms with Crippen molar-refractivity contribution in [2.45, 2.75) is 37.8 Å². The molecule has 0 heterocycles. The quantitative estimate of drug-likeness (QED) is 0.531. The van der Waals surface area contributed by atoms with Gasteiger partial charge in [0.25, 0.3) is 11.6 Å². The molecule has 2 aromatic rings. The first-order chi connectivity index (χ1) is 12.5. The van der Waals surface area contributed by atoms with Crippen molar-refractivity contribution in [3.05, 3.63) is 64.2 Å². The number of hydrogen-bond acceptors (Lipinski definition) is 5. The van der Waals surface area contributed by atoms with Crippen LogP contribution in [-0.4, -0.2) is 22.9 Å². The Morgan fingerprint density at radius 1 is 1.07 bits per heavy atom. The van der Waals surface area contributed by atoms with Crippen LogP contribution in [0.25, 0.3) is 0 Å². The lowest BCUT2D eigenvalue weighted by atomic mass is 9.91. The number of halogens is 1. The molecular weight excluding hydrogens is 368 g/mol. The normalized spacial score (nSPS) is 18.9. The highest BCUT2D eigenvalue weighted by Crippen LogP contribution is 2.29. The first-order valence-electron chi connectivity index (χ1n) is 8.70. The first kappa shape index (κ1) is 20.7. The van der Waals surface area contributed by atoms with Gasteiger partial charge in [0.15, 0.2) is 0 Å². The Hall–Kier alpha value is -2.64. The molecule has 8 heteroatoms. The van der Waals surface area contributed by atoms with Gasteiger partial charge in [0.1, 0.15) is 5.69 Å². The molecule has 4 N–H and O–H groups in total. The van der Waals surface area contributed by atoms with E-state index in [1.54, 1.807) is 12.1 Å². The minimum absolute atomic E-state index is 0. The van der Waals surface area contributed by atoms with Gasteiger partial charge in [-0.3, -0.25) is 14.9 Å². The maximum atomic E-state index is 12.5. The molecule has 1 amide bonds. The summed E-state index contributed by atoms with van der Waals surface area (Å²) in [6.07, 6.45) is 3.43. The second-order valence-corrected chi connectivity index (χ2v) is 6.57. The average Bonchev–Trinajstić information content (AvgIpc) is 2.64. The van der Waals surface area contributed by atoms with Crippen LogP contribution in [0.1, 0.15) is 36.0 Å². The Kier molecular flexibility index (Phi) is 7.15. The fourth-order valence-corrected chi connectivity index (χ4v) is 3.14. The maximum Gasteiger partial charge on any atom is 0.293 e. The monoisotopic (exact) mass is 390 g/mol. The summed E-state index contributed by atoms with van der Waals surface area (Å²) in [6.45, 7) is 0. The van der Waals surface area contributed by atoms with Crippen LogP contribution < -0.4 is 16.4 Å². The molecule has 0 unspecified atom stereocenters. The minimum atomic E-state index is -0.484. The second kappa shape index (κ2) is 9.34. The first-order valence-corrected chi connectivity index (χ1v) is 8.70. The molecule has 0 atom stereocenters. The topological polar surface area (TPSA) is 110 Å². The number of nitro groups is 1. The number of rotatable bonds is 5. The van der Waals surface area contributed by atoms with E-state index < -0.39 is 4.92 Å². The predicted octanol–water partition coefficient (Wildman–Crippen LogP) is 3.76. The molecule has 0 radical (unpaired) electrons. The van der Waals surface area contributed by atoms with Gasteiger partial charge in [0.2, 0.25) is 0 Å². The van der Waals surface area contributed by atoms with Crippen molar-refractivity contribution in [3.8, 4) is 0 Å². The number of nitrogens with one attached hydrogen (secondary N) is 2. The fraction of sp³-hybridized carbons (Fsp3) is 0.316. The lowest BCUT2D eigenvalue weighted by molar-refractivity contribution is -0.383. The van der Waals surface area contributed by atoms with E-state index in [9.17, 15) is 14.9 Å². The van der Waals surface area contributed by atoms with E-state index in [4.69, 9.17) is 5.73 Å². The Labute approximate surface area is 163 Å². The van der Waals surface area contributed by atoms with E-state index >= 15 is 0 Å². The molecule has 1 fully saturated rings. The van der Waals surface area contributed by atoms with Gasteiger partial charge in [-0.15, -0.1) is 12.4 Å². The Morgan fingerprint density at radius 3 is 2.37 bits per heavy atom. The molecule has 1 saturated carbocycles. The van der Waals surface area contributed by atoms with E-state index in [2.05, 4.69) is 10.6 Å². The van der Waals surface area contributed by atoms with Crippen LogP contribution in [0.3, 0.4) is 0 Å². The van der Waals surface area contributed by atoms with Crippen LogP contribution in [0, 0.1) is 10.1 Å². The van der Waals surface area contributed by atoms with Gasteiger partial charge in [0.05, 0.1) is 4.92 Å². The van der Waals surface area contributed by atoms with Gasteiger partial charge in [-0.1, -0.05) is 18.2 Å². The highest BCUT2D eigenvalue weighted by atomic mass is 35.5. The molecule has 3 rings (SSSR count). The zero-order chi connectivity index (χ0) is 18.5. The van der Waals surface area contributed by atoms with E-state index in [1.807, 2.05) is 30.3 Å². The van der Waals surface area contributed by atoms with Gasteiger partial charge in [-0.05, 0) is 49.9 Å². The summed E-state index contributed by atoms with van der Waals surface area (Å²) in [5.74, 6) is -0.292. The van der Waals surface area contributed by atoms with Crippen molar-refractivity contribution in [1.29, 1.82) is 0 Å². The molecular formula is C19H23ClN4O3.